The molecule has 2 aliphatic heterocycles. The van der Waals surface area contributed by atoms with Crippen LogP contribution < -0.4 is 22.2 Å². The summed E-state index contributed by atoms with van der Waals surface area (Å²) in [5.74, 6) is 0. The Bertz CT molecular complexity index is 200. The quantitative estimate of drug-likeness (QED) is 0.420. The zero-order valence-corrected chi connectivity index (χ0v) is 8.94. The molecule has 0 bridgehead atoms. The maximum atomic E-state index is 3.82. The van der Waals surface area contributed by atoms with Gasteiger partial charge in [-0.2, -0.15) is 0 Å². The molecular formula is C8H15ClN4O. The van der Waals surface area contributed by atoms with Crippen molar-refractivity contribution in [3.63, 3.8) is 0 Å². The van der Waals surface area contributed by atoms with Gasteiger partial charge in [0.05, 0.1) is 26.5 Å². The average Bonchev–Trinajstić information content (AvgIpc) is 2.63. The molecule has 2 heterocycles. The topological polar surface area (TPSA) is 63.6 Å². The van der Waals surface area contributed by atoms with E-state index in [2.05, 4.69) is 9.98 Å². The molecule has 80 valence electrons. The highest BCUT2D eigenvalue weighted by atomic mass is 35.5. The van der Waals surface area contributed by atoms with Gasteiger partial charge in [-0.3, -0.25) is 9.80 Å². The fraction of sp³-hybridized carbons (Fsp3) is 0.250. The number of quaternary nitrogens is 2. The Morgan fingerprint density at radius 3 is 1.29 bits per heavy atom. The molecule has 0 aromatic carbocycles. The third-order valence-corrected chi connectivity index (χ3v) is 1.40. The van der Waals surface area contributed by atoms with Gasteiger partial charge in [-0.25, -0.2) is 9.98 Å². The van der Waals surface area contributed by atoms with Crippen molar-refractivity contribution < 1.29 is 27.7 Å². The highest BCUT2D eigenvalue weighted by Gasteiger charge is 1.91. The van der Waals surface area contributed by atoms with Crippen molar-refractivity contribution in [1.29, 1.82) is 0 Å². The molecule has 0 spiro atoms. The molecule has 0 saturated carbocycles. The molecule has 14 heavy (non-hydrogen) atoms. The molecule has 2 aliphatic rings. The Morgan fingerprint density at radius 1 is 0.857 bits per heavy atom. The van der Waals surface area contributed by atoms with Crippen LogP contribution in [0.3, 0.4) is 0 Å². The second-order valence-electron chi connectivity index (χ2n) is 2.68. The van der Waals surface area contributed by atoms with E-state index in [4.69, 9.17) is 0 Å². The normalized spacial score (nSPS) is 25.0. The summed E-state index contributed by atoms with van der Waals surface area (Å²) < 4.78 is 0. The van der Waals surface area contributed by atoms with E-state index in [9.17, 15) is 0 Å². The van der Waals surface area contributed by atoms with Crippen LogP contribution in [-0.2, 0) is 0 Å². The van der Waals surface area contributed by atoms with Gasteiger partial charge >= 0.3 is 0 Å². The first-order valence-corrected chi connectivity index (χ1v) is 3.85. The summed E-state index contributed by atoms with van der Waals surface area (Å²) >= 11 is 0. The average molecular weight is 219 g/mol. The van der Waals surface area contributed by atoms with Crippen LogP contribution in [0.2, 0.25) is 0 Å². The van der Waals surface area contributed by atoms with Crippen LogP contribution in [0.15, 0.2) is 34.8 Å². The van der Waals surface area contributed by atoms with Gasteiger partial charge in [0.25, 0.3) is 0 Å². The number of hydrogen-bond acceptors (Lipinski definition) is 3. The number of hydrogen-bond donors (Lipinski definition) is 2. The lowest BCUT2D eigenvalue weighted by atomic mass is 10.9. The van der Waals surface area contributed by atoms with Gasteiger partial charge in [-0.1, -0.05) is 0 Å². The van der Waals surface area contributed by atoms with Gasteiger partial charge < -0.3 is 17.9 Å². The number of rotatable bonds is 0. The molecule has 0 saturated heterocycles. The summed E-state index contributed by atoms with van der Waals surface area (Å²) in [6.45, 7) is 0. The van der Waals surface area contributed by atoms with E-state index in [0.717, 1.165) is 0 Å². The Labute approximate surface area is 89.9 Å². The van der Waals surface area contributed by atoms with Crippen LogP contribution in [0.25, 0.3) is 0 Å². The molecule has 5 nitrogen and oxygen atoms in total. The van der Waals surface area contributed by atoms with E-state index in [0.29, 0.717) is 0 Å². The first-order valence-electron chi connectivity index (χ1n) is 3.85. The van der Waals surface area contributed by atoms with E-state index in [1.165, 1.54) is 9.80 Å². The SMILES string of the molecule is C[NH+]1C=CN=C1.C[NH+]1C=CN=C1.[Cl-].[OH-]. The molecule has 0 fully saturated rings. The minimum absolute atomic E-state index is 0. The molecule has 0 amide bonds. The third kappa shape index (κ3) is 6.50. The number of aliphatic imine (C=N–C) groups is 2. The predicted molar refractivity (Wildman–Crippen MR) is 51.0 cm³/mol. The van der Waals surface area contributed by atoms with E-state index >= 15 is 0 Å². The van der Waals surface area contributed by atoms with Crippen LogP contribution >= 0.6 is 0 Å². The lowest BCUT2D eigenvalue weighted by Gasteiger charge is -1.87. The summed E-state index contributed by atoms with van der Waals surface area (Å²) in [5, 5.41) is 0. The lowest BCUT2D eigenvalue weighted by Crippen LogP contribution is -3.01. The van der Waals surface area contributed by atoms with Crippen molar-refractivity contribution in [3.05, 3.63) is 24.8 Å². The van der Waals surface area contributed by atoms with E-state index in [1.807, 2.05) is 39.2 Å². The van der Waals surface area contributed by atoms with E-state index in [-0.39, 0.29) is 17.9 Å². The van der Waals surface area contributed by atoms with Crippen molar-refractivity contribution in [2.75, 3.05) is 14.1 Å². The molecular weight excluding hydrogens is 204 g/mol. The summed E-state index contributed by atoms with van der Waals surface area (Å²) in [4.78, 5) is 10.1. The van der Waals surface area contributed by atoms with Crippen molar-refractivity contribution in [1.82, 2.24) is 0 Å². The minimum atomic E-state index is 0. The Balaban J connectivity index is 0. The van der Waals surface area contributed by atoms with E-state index in [1.54, 1.807) is 12.4 Å². The van der Waals surface area contributed by atoms with Crippen LogP contribution in [0.5, 0.6) is 0 Å². The molecule has 0 aromatic heterocycles. The first-order chi connectivity index (χ1) is 5.79. The van der Waals surface area contributed by atoms with Crippen molar-refractivity contribution in [2.45, 2.75) is 0 Å². The second kappa shape index (κ2) is 8.58. The fourth-order valence-corrected chi connectivity index (χ4v) is 0.728. The molecule has 2 atom stereocenters. The number of halogens is 1. The van der Waals surface area contributed by atoms with Gasteiger partial charge in [0.15, 0.2) is 12.7 Å². The molecule has 2 unspecified atom stereocenters. The third-order valence-electron chi connectivity index (χ3n) is 1.40. The largest absolute Gasteiger partial charge is 1.00 e. The Kier molecular flexibility index (Phi) is 9.48. The van der Waals surface area contributed by atoms with Crippen molar-refractivity contribution >= 4 is 12.7 Å². The highest BCUT2D eigenvalue weighted by Crippen LogP contribution is 1.66. The second-order valence-corrected chi connectivity index (χ2v) is 2.68. The first kappa shape index (κ1) is 15.5. The van der Waals surface area contributed by atoms with Crippen LogP contribution in [-0.4, -0.2) is 32.2 Å². The maximum absolute atomic E-state index is 3.82. The number of nitrogens with zero attached hydrogens (tertiary/aromatic N) is 2. The maximum Gasteiger partial charge on any atom is 0.192 e. The lowest BCUT2D eigenvalue weighted by molar-refractivity contribution is -0.710. The van der Waals surface area contributed by atoms with Gasteiger partial charge in [-0.15, -0.1) is 0 Å². The minimum Gasteiger partial charge on any atom is -1.00 e. The summed E-state index contributed by atoms with van der Waals surface area (Å²) in [6, 6.07) is 0. The zero-order valence-electron chi connectivity index (χ0n) is 8.18. The highest BCUT2D eigenvalue weighted by molar-refractivity contribution is 5.47. The van der Waals surface area contributed by atoms with Crippen LogP contribution in [0.4, 0.5) is 0 Å². The van der Waals surface area contributed by atoms with Gasteiger partial charge in [0.1, 0.15) is 12.4 Å². The molecule has 2 rings (SSSR count). The standard InChI is InChI=1S/2C4H6N2.ClH.H2O/c2*1-6-3-2-5-4-6;;/h2*2-4H,1H3;1H;1H2. The number of nitrogens with one attached hydrogen (secondary N) is 2. The predicted octanol–water partition coefficient (Wildman–Crippen LogP) is -5.14. The molecule has 6 heteroatoms. The molecule has 0 aromatic rings. The van der Waals surface area contributed by atoms with Crippen molar-refractivity contribution in [2.24, 2.45) is 9.98 Å². The monoisotopic (exact) mass is 218 g/mol. The van der Waals surface area contributed by atoms with Crippen LogP contribution in [0, 0.1) is 0 Å². The van der Waals surface area contributed by atoms with E-state index < -0.39 is 0 Å². The van der Waals surface area contributed by atoms with Gasteiger partial charge in [0, 0.05) is 0 Å². The zero-order chi connectivity index (χ0) is 8.81. The smallest absolute Gasteiger partial charge is 0.192 e. The summed E-state index contributed by atoms with van der Waals surface area (Å²) in [5.41, 5.74) is 0. The van der Waals surface area contributed by atoms with Crippen LogP contribution in [0.1, 0.15) is 0 Å². The molecule has 0 radical (unpaired) electrons. The molecule has 3 N–H and O–H groups in total. The summed E-state index contributed by atoms with van der Waals surface area (Å²) in [6.07, 6.45) is 11.2. The Hall–Kier alpha value is -1.01. The molecule has 0 aliphatic carbocycles. The van der Waals surface area contributed by atoms with Gasteiger partial charge in [-0.05, 0) is 0 Å². The Morgan fingerprint density at radius 2 is 1.21 bits per heavy atom. The fourth-order valence-electron chi connectivity index (χ4n) is 0.728. The van der Waals surface area contributed by atoms with Crippen molar-refractivity contribution in [3.8, 4) is 0 Å². The van der Waals surface area contributed by atoms with Gasteiger partial charge in [0.2, 0.25) is 0 Å². The summed E-state index contributed by atoms with van der Waals surface area (Å²) in [7, 11) is 4.04.